The molecular formula is C22H31FN4O. The fourth-order valence-corrected chi connectivity index (χ4v) is 5.89. The van der Waals surface area contributed by atoms with Crippen LogP contribution >= 0.6 is 0 Å². The first kappa shape index (κ1) is 18.4. The van der Waals surface area contributed by atoms with Crippen LogP contribution in [0, 0.1) is 17.7 Å². The molecule has 2 amide bonds. The van der Waals surface area contributed by atoms with Crippen LogP contribution in [-0.4, -0.2) is 78.6 Å². The van der Waals surface area contributed by atoms with Gasteiger partial charge < -0.3 is 20.0 Å². The van der Waals surface area contributed by atoms with Crippen LogP contribution in [0.25, 0.3) is 0 Å². The van der Waals surface area contributed by atoms with Crippen molar-refractivity contribution in [3.63, 3.8) is 0 Å². The molecule has 0 spiro atoms. The van der Waals surface area contributed by atoms with Gasteiger partial charge in [-0.25, -0.2) is 9.18 Å². The zero-order valence-electron chi connectivity index (χ0n) is 16.5. The number of hydrogen-bond acceptors (Lipinski definition) is 3. The molecule has 5 unspecified atom stereocenters. The number of piperidine rings is 2. The van der Waals surface area contributed by atoms with Gasteiger partial charge in [0.05, 0.1) is 0 Å². The molecule has 0 aromatic heterocycles. The molecule has 5 heterocycles. The average molecular weight is 387 g/mol. The Hall–Kier alpha value is -1.66. The molecule has 28 heavy (non-hydrogen) atoms. The lowest BCUT2D eigenvalue weighted by atomic mass is 9.84. The maximum absolute atomic E-state index is 13.0. The van der Waals surface area contributed by atoms with E-state index in [-0.39, 0.29) is 17.9 Å². The fourth-order valence-electron chi connectivity index (χ4n) is 5.89. The molecule has 6 heteroatoms. The van der Waals surface area contributed by atoms with Crippen molar-refractivity contribution in [3.05, 3.63) is 35.6 Å². The molecule has 1 aromatic rings. The van der Waals surface area contributed by atoms with Crippen molar-refractivity contribution < 1.29 is 9.18 Å². The number of nitrogens with one attached hydrogen (secondary N) is 1. The predicted molar refractivity (Wildman–Crippen MR) is 107 cm³/mol. The zero-order valence-corrected chi connectivity index (χ0v) is 16.5. The minimum atomic E-state index is -0.181. The van der Waals surface area contributed by atoms with Gasteiger partial charge in [-0.05, 0) is 55.2 Å². The smallest absolute Gasteiger partial charge is 0.317 e. The van der Waals surface area contributed by atoms with E-state index >= 15 is 0 Å². The summed E-state index contributed by atoms with van der Waals surface area (Å²) in [6, 6.07) is 7.59. The molecule has 5 atom stereocenters. The maximum Gasteiger partial charge on any atom is 0.317 e. The zero-order chi connectivity index (χ0) is 19.1. The van der Waals surface area contributed by atoms with Crippen molar-refractivity contribution in [1.29, 1.82) is 0 Å². The van der Waals surface area contributed by atoms with Crippen LogP contribution in [0.2, 0.25) is 0 Å². The molecule has 5 aliphatic rings. The Morgan fingerprint density at radius 1 is 1.04 bits per heavy atom. The van der Waals surface area contributed by atoms with E-state index in [1.807, 2.05) is 12.1 Å². The highest BCUT2D eigenvalue weighted by Crippen LogP contribution is 2.36. The Kier molecular flexibility index (Phi) is 5.01. The number of nitrogens with zero attached hydrogens (tertiary/aromatic N) is 3. The fraction of sp³-hybridized carbons (Fsp3) is 0.682. The van der Waals surface area contributed by atoms with Crippen LogP contribution in [0.4, 0.5) is 9.18 Å². The Morgan fingerprint density at radius 2 is 1.86 bits per heavy atom. The minimum Gasteiger partial charge on any atom is -0.334 e. The Bertz CT molecular complexity index is 697. The van der Waals surface area contributed by atoms with E-state index < -0.39 is 0 Å². The highest BCUT2D eigenvalue weighted by Gasteiger charge is 2.43. The average Bonchev–Trinajstić information content (AvgIpc) is 3.02. The van der Waals surface area contributed by atoms with Gasteiger partial charge in [-0.3, -0.25) is 0 Å². The van der Waals surface area contributed by atoms with Crippen LogP contribution in [-0.2, 0) is 6.42 Å². The van der Waals surface area contributed by atoms with Crippen molar-refractivity contribution in [2.75, 3.05) is 45.8 Å². The van der Waals surface area contributed by atoms with Crippen molar-refractivity contribution in [2.24, 2.45) is 11.8 Å². The largest absolute Gasteiger partial charge is 0.334 e. The van der Waals surface area contributed by atoms with E-state index in [0.29, 0.717) is 12.0 Å². The van der Waals surface area contributed by atoms with Crippen LogP contribution in [0.3, 0.4) is 0 Å². The third-order valence-corrected chi connectivity index (χ3v) is 7.16. The second kappa shape index (κ2) is 7.64. The number of likely N-dealkylation sites (tertiary alicyclic amines) is 1. The summed E-state index contributed by atoms with van der Waals surface area (Å²) in [7, 11) is 0. The predicted octanol–water partition coefficient (Wildman–Crippen LogP) is 2.18. The van der Waals surface area contributed by atoms with Crippen molar-refractivity contribution >= 4 is 6.03 Å². The number of fused-ring (bicyclic) bond motifs is 1. The molecule has 5 aliphatic heterocycles. The summed E-state index contributed by atoms with van der Waals surface area (Å²) in [5, 5.41) is 3.33. The molecule has 4 bridgehead atoms. The summed E-state index contributed by atoms with van der Waals surface area (Å²) >= 11 is 0. The molecule has 5 saturated heterocycles. The number of carbonyl (C=O) groups excluding carboxylic acids is 1. The molecule has 1 N–H and O–H groups in total. The van der Waals surface area contributed by atoms with Gasteiger partial charge in [0, 0.05) is 57.9 Å². The molecule has 0 aliphatic carbocycles. The highest BCUT2D eigenvalue weighted by molar-refractivity contribution is 5.75. The van der Waals surface area contributed by atoms with Crippen molar-refractivity contribution in [3.8, 4) is 0 Å². The van der Waals surface area contributed by atoms with E-state index in [4.69, 9.17) is 0 Å². The third kappa shape index (κ3) is 3.90. The molecule has 0 radical (unpaired) electrons. The number of carbonyl (C=O) groups is 1. The molecule has 1 aromatic carbocycles. The highest BCUT2D eigenvalue weighted by atomic mass is 19.1. The van der Waals surface area contributed by atoms with Gasteiger partial charge in [-0.2, -0.15) is 0 Å². The maximum atomic E-state index is 13.0. The molecular weight excluding hydrogens is 355 g/mol. The van der Waals surface area contributed by atoms with Gasteiger partial charge in [-0.15, -0.1) is 0 Å². The second-order valence-corrected chi connectivity index (χ2v) is 9.34. The van der Waals surface area contributed by atoms with Crippen molar-refractivity contribution in [1.82, 2.24) is 20.0 Å². The molecule has 152 valence electrons. The summed E-state index contributed by atoms with van der Waals surface area (Å²) in [6.45, 7) is 7.32. The van der Waals surface area contributed by atoms with E-state index in [2.05, 4.69) is 20.0 Å². The second-order valence-electron chi connectivity index (χ2n) is 9.34. The van der Waals surface area contributed by atoms with E-state index in [9.17, 15) is 9.18 Å². The number of urea groups is 1. The van der Waals surface area contributed by atoms with Gasteiger partial charge in [0.15, 0.2) is 0 Å². The van der Waals surface area contributed by atoms with Crippen LogP contribution in [0.1, 0.15) is 24.8 Å². The summed E-state index contributed by atoms with van der Waals surface area (Å²) in [5.74, 6) is 1.27. The lowest BCUT2D eigenvalue weighted by molar-refractivity contribution is 0.0844. The Morgan fingerprint density at radius 3 is 2.68 bits per heavy atom. The molecule has 6 rings (SSSR count). The van der Waals surface area contributed by atoms with E-state index in [1.165, 1.54) is 43.6 Å². The Labute approximate surface area is 166 Å². The van der Waals surface area contributed by atoms with E-state index in [0.717, 1.165) is 51.5 Å². The van der Waals surface area contributed by atoms with Crippen molar-refractivity contribution in [2.45, 2.75) is 37.8 Å². The summed E-state index contributed by atoms with van der Waals surface area (Å²) < 4.78 is 13.0. The number of rotatable bonds is 4. The molecule has 0 saturated carbocycles. The number of halogens is 1. The lowest BCUT2D eigenvalue weighted by Crippen LogP contribution is -2.54. The number of amides is 2. The topological polar surface area (TPSA) is 38.8 Å². The standard InChI is InChI=1S/C22H31FN4O/c23-19-3-1-16(2-4-19)5-7-25-8-6-20(14-25)24-22(28)27-13-18-9-17-10-21(27)15-26(11-17)12-18/h1-4,17-18,20-21H,5-15H2,(H,24,28). The van der Waals surface area contributed by atoms with Gasteiger partial charge in [-0.1, -0.05) is 12.1 Å². The Balaban J connectivity index is 1.12. The molecule has 5 nitrogen and oxygen atoms in total. The molecule has 5 fully saturated rings. The third-order valence-electron chi connectivity index (χ3n) is 7.16. The normalized spacial score (nSPS) is 34.6. The first-order valence-electron chi connectivity index (χ1n) is 10.9. The SMILES string of the molecule is O=C(NC1CCN(CCc2ccc(F)cc2)C1)N1CC2CC3CC1CN(C3)C2. The number of benzene rings is 1. The van der Waals surface area contributed by atoms with Gasteiger partial charge >= 0.3 is 6.03 Å². The van der Waals surface area contributed by atoms with E-state index in [1.54, 1.807) is 0 Å². The summed E-state index contributed by atoms with van der Waals surface area (Å²) in [6.07, 6.45) is 4.44. The summed E-state index contributed by atoms with van der Waals surface area (Å²) in [5.41, 5.74) is 1.17. The van der Waals surface area contributed by atoms with Crippen LogP contribution in [0.5, 0.6) is 0 Å². The van der Waals surface area contributed by atoms with Gasteiger partial charge in [0.2, 0.25) is 0 Å². The van der Waals surface area contributed by atoms with Gasteiger partial charge in [0.1, 0.15) is 5.82 Å². The first-order chi connectivity index (χ1) is 13.6. The van der Waals surface area contributed by atoms with Gasteiger partial charge in [0.25, 0.3) is 0 Å². The van der Waals surface area contributed by atoms with Crippen LogP contribution in [0.15, 0.2) is 24.3 Å². The van der Waals surface area contributed by atoms with Crippen LogP contribution < -0.4 is 5.32 Å². The quantitative estimate of drug-likeness (QED) is 0.862. The minimum absolute atomic E-state index is 0.157. The number of hydrogen-bond donors (Lipinski definition) is 1. The lowest BCUT2D eigenvalue weighted by Gasteiger charge is -2.41. The monoisotopic (exact) mass is 386 g/mol. The first-order valence-corrected chi connectivity index (χ1v) is 10.9. The summed E-state index contributed by atoms with van der Waals surface area (Å²) in [4.78, 5) is 20.2.